The third kappa shape index (κ3) is 2.70. The van der Waals surface area contributed by atoms with Gasteiger partial charge in [-0.1, -0.05) is 13.8 Å². The van der Waals surface area contributed by atoms with Gasteiger partial charge in [-0.05, 0) is 0 Å². The lowest BCUT2D eigenvalue weighted by atomic mass is 9.72. The minimum atomic E-state index is -1.48. The molecule has 0 bridgehead atoms. The molecule has 1 N–H and O–H groups in total. The Labute approximate surface area is 145 Å². The van der Waals surface area contributed by atoms with Crippen LogP contribution in [0.2, 0.25) is 0 Å². The molecule has 1 aromatic rings. The number of allylic oxidation sites excluding steroid dienone is 1. The fourth-order valence-electron chi connectivity index (χ4n) is 3.02. The highest BCUT2D eigenvalue weighted by Crippen LogP contribution is 2.52. The van der Waals surface area contributed by atoms with Gasteiger partial charge in [0.25, 0.3) is 17.3 Å². The van der Waals surface area contributed by atoms with Gasteiger partial charge in [-0.2, -0.15) is 0 Å². The summed E-state index contributed by atoms with van der Waals surface area (Å²) >= 11 is 0. The van der Waals surface area contributed by atoms with Gasteiger partial charge in [0.15, 0.2) is 0 Å². The quantitative estimate of drug-likeness (QED) is 0.466. The molecule has 12 heteroatoms. The normalized spacial score (nSPS) is 16.9. The number of nitro benzene ring substituents is 2. The van der Waals surface area contributed by atoms with Crippen molar-refractivity contribution in [3.63, 3.8) is 0 Å². The molecule has 1 aromatic carbocycles. The van der Waals surface area contributed by atoms with Crippen LogP contribution in [0.25, 0.3) is 0 Å². The average molecular weight is 366 g/mol. The molecule has 26 heavy (non-hydrogen) atoms. The second-order valence-corrected chi connectivity index (χ2v) is 6.31. The highest BCUT2D eigenvalue weighted by atomic mass is 16.6. The lowest BCUT2D eigenvalue weighted by molar-refractivity contribution is -0.435. The summed E-state index contributed by atoms with van der Waals surface area (Å²) in [4.78, 5) is 43.7. The molecule has 0 saturated carbocycles. The van der Waals surface area contributed by atoms with Crippen molar-refractivity contribution >= 4 is 23.3 Å². The number of non-ortho nitro benzene ring substituents is 1. The number of hydrogen-bond donors (Lipinski definition) is 1. The fraction of sp³-hybridized carbons (Fsp3) is 0.357. The van der Waals surface area contributed by atoms with Crippen molar-refractivity contribution in [2.75, 3.05) is 11.9 Å². The van der Waals surface area contributed by atoms with Crippen LogP contribution in [-0.2, 0) is 4.79 Å². The fourth-order valence-corrected chi connectivity index (χ4v) is 3.02. The van der Waals surface area contributed by atoms with Crippen LogP contribution in [-0.4, -0.2) is 33.2 Å². The van der Waals surface area contributed by atoms with Crippen LogP contribution in [0.3, 0.4) is 0 Å². The number of carbonyl (C=O) groups excluding carboxylic acids is 1. The average Bonchev–Trinajstić information content (AvgIpc) is 2.55. The zero-order chi connectivity index (χ0) is 20.0. The van der Waals surface area contributed by atoms with E-state index in [0.717, 1.165) is 18.0 Å². The predicted octanol–water partition coefficient (Wildman–Crippen LogP) is 2.27. The zero-order valence-electron chi connectivity index (χ0n) is 13.9. The number of aldehydes is 1. The molecule has 0 radical (unpaired) electrons. The van der Waals surface area contributed by atoms with E-state index < -0.39 is 49.1 Å². The second kappa shape index (κ2) is 6.06. The number of hydrogen-bond acceptors (Lipinski definition) is 9. The maximum absolute atomic E-state index is 11.5. The molecule has 1 aliphatic heterocycles. The van der Waals surface area contributed by atoms with Crippen molar-refractivity contribution in [1.29, 1.82) is 0 Å². The van der Waals surface area contributed by atoms with Crippen LogP contribution >= 0.6 is 0 Å². The lowest BCUT2D eigenvalue weighted by Crippen LogP contribution is -2.37. The molecule has 1 heterocycles. The molecule has 1 unspecified atom stereocenters. The Morgan fingerprint density at radius 1 is 1.12 bits per heavy atom. The van der Waals surface area contributed by atoms with Gasteiger partial charge in [-0.15, -0.1) is 0 Å². The topological polar surface area (TPSA) is 170 Å². The van der Waals surface area contributed by atoms with Crippen LogP contribution in [0.4, 0.5) is 17.1 Å². The van der Waals surface area contributed by atoms with E-state index >= 15 is 0 Å². The first kappa shape index (κ1) is 18.8. The minimum absolute atomic E-state index is 0.157. The van der Waals surface area contributed by atoms with Crippen molar-refractivity contribution in [2.45, 2.75) is 19.8 Å². The summed E-state index contributed by atoms with van der Waals surface area (Å²) in [5.74, 6) is -2.31. The van der Waals surface area contributed by atoms with Crippen molar-refractivity contribution < 1.29 is 24.7 Å². The standard InChI is InChI=1S/C14H14N4O8/c1-14(2,6-19)10-8-4-7(16(21)22)5-9(17(23)24)11(8)15(3)13(20)12(10)18(25)26/h4-6,10,20H,1-3H3. The van der Waals surface area contributed by atoms with Gasteiger partial charge >= 0.3 is 5.70 Å². The van der Waals surface area contributed by atoms with E-state index in [4.69, 9.17) is 0 Å². The van der Waals surface area contributed by atoms with E-state index in [0.29, 0.717) is 12.4 Å². The minimum Gasteiger partial charge on any atom is -0.490 e. The van der Waals surface area contributed by atoms with Crippen molar-refractivity contribution in [3.05, 3.63) is 59.6 Å². The number of aliphatic hydroxyl groups is 1. The number of carbonyl (C=O) groups is 1. The Morgan fingerprint density at radius 2 is 1.69 bits per heavy atom. The molecule has 0 spiro atoms. The molecule has 138 valence electrons. The number of benzene rings is 1. The Morgan fingerprint density at radius 3 is 2.12 bits per heavy atom. The van der Waals surface area contributed by atoms with Crippen LogP contribution in [0, 0.1) is 35.8 Å². The molecule has 0 fully saturated rings. The smallest absolute Gasteiger partial charge is 0.314 e. The van der Waals surface area contributed by atoms with Crippen LogP contribution in [0.1, 0.15) is 25.3 Å². The van der Waals surface area contributed by atoms with Gasteiger partial charge in [0.2, 0.25) is 0 Å². The van der Waals surface area contributed by atoms with E-state index in [1.807, 2.05) is 0 Å². The molecule has 0 amide bonds. The first-order chi connectivity index (χ1) is 11.9. The summed E-state index contributed by atoms with van der Waals surface area (Å²) in [6.07, 6.45) is 0.397. The maximum atomic E-state index is 11.5. The predicted molar refractivity (Wildman–Crippen MR) is 87.4 cm³/mol. The van der Waals surface area contributed by atoms with Crippen molar-refractivity contribution in [2.24, 2.45) is 5.41 Å². The second-order valence-electron chi connectivity index (χ2n) is 6.31. The highest BCUT2D eigenvalue weighted by Gasteiger charge is 2.50. The monoisotopic (exact) mass is 366 g/mol. The number of fused-ring (bicyclic) bond motifs is 1. The van der Waals surface area contributed by atoms with E-state index in [1.54, 1.807) is 0 Å². The number of rotatable bonds is 5. The van der Waals surface area contributed by atoms with Crippen LogP contribution < -0.4 is 4.90 Å². The van der Waals surface area contributed by atoms with E-state index in [-0.39, 0.29) is 11.3 Å². The molecule has 12 nitrogen and oxygen atoms in total. The molecule has 1 atom stereocenters. The summed E-state index contributed by atoms with van der Waals surface area (Å²) < 4.78 is 0. The SMILES string of the molecule is CN1C(O)=C([N+](=O)[O-])C(C(C)(C)C=O)c2cc([N+](=O)[O-])cc([N+](=O)[O-])c21. The molecule has 1 aliphatic rings. The zero-order valence-corrected chi connectivity index (χ0v) is 13.9. The summed E-state index contributed by atoms with van der Waals surface area (Å²) in [5.41, 5.74) is -4.02. The number of nitrogens with zero attached hydrogens (tertiary/aromatic N) is 4. The molecule has 0 aliphatic carbocycles. The molecule has 0 aromatic heterocycles. The maximum Gasteiger partial charge on any atom is 0.314 e. The van der Waals surface area contributed by atoms with Crippen molar-refractivity contribution in [1.82, 2.24) is 0 Å². The van der Waals surface area contributed by atoms with Crippen molar-refractivity contribution in [3.8, 4) is 0 Å². The van der Waals surface area contributed by atoms with Gasteiger partial charge in [0.1, 0.15) is 12.0 Å². The number of anilines is 1. The first-order valence-corrected chi connectivity index (χ1v) is 7.18. The van der Waals surface area contributed by atoms with Gasteiger partial charge in [0, 0.05) is 24.1 Å². The third-order valence-electron chi connectivity index (χ3n) is 4.22. The van der Waals surface area contributed by atoms with E-state index in [2.05, 4.69) is 0 Å². The first-order valence-electron chi connectivity index (χ1n) is 7.18. The Bertz CT molecular complexity index is 876. The molecular weight excluding hydrogens is 352 g/mol. The van der Waals surface area contributed by atoms with Gasteiger partial charge in [-0.25, -0.2) is 0 Å². The van der Waals surface area contributed by atoms with E-state index in [1.165, 1.54) is 13.8 Å². The Hall–Kier alpha value is -3.57. The van der Waals surface area contributed by atoms with Crippen LogP contribution in [0.15, 0.2) is 23.7 Å². The third-order valence-corrected chi connectivity index (χ3v) is 4.22. The number of nitro groups is 3. The summed E-state index contributed by atoms with van der Waals surface area (Å²) in [7, 11) is 1.15. The van der Waals surface area contributed by atoms with E-state index in [9.17, 15) is 40.2 Å². The van der Waals surface area contributed by atoms with Gasteiger partial charge in [-0.3, -0.25) is 30.3 Å². The summed E-state index contributed by atoms with van der Waals surface area (Å²) in [6, 6.07) is 1.65. The number of aliphatic hydroxyl groups excluding tert-OH is 1. The summed E-state index contributed by atoms with van der Waals surface area (Å²) in [6.45, 7) is 2.67. The van der Waals surface area contributed by atoms with Gasteiger partial charge in [0.05, 0.1) is 26.8 Å². The molecule has 0 saturated heterocycles. The molecular formula is C14H14N4O8. The largest absolute Gasteiger partial charge is 0.490 e. The lowest BCUT2D eigenvalue weighted by Gasteiger charge is -2.35. The summed E-state index contributed by atoms with van der Waals surface area (Å²) in [5, 5.41) is 44.3. The Kier molecular flexibility index (Phi) is 4.37. The Balaban J connectivity index is 3.01. The van der Waals surface area contributed by atoms with Crippen LogP contribution in [0.5, 0.6) is 0 Å². The molecule has 2 rings (SSSR count). The highest BCUT2D eigenvalue weighted by molar-refractivity contribution is 5.78. The van der Waals surface area contributed by atoms with Gasteiger partial charge < -0.3 is 14.8 Å².